The lowest BCUT2D eigenvalue weighted by molar-refractivity contribution is -0.137. The van der Waals surface area contributed by atoms with Gasteiger partial charge in [-0.3, -0.25) is 14.4 Å². The molecule has 240 valence electrons. The highest BCUT2D eigenvalue weighted by molar-refractivity contribution is 6.31. The van der Waals surface area contributed by atoms with Crippen molar-refractivity contribution in [2.24, 2.45) is 0 Å². The minimum Gasteiger partial charge on any atom is -0.464 e. The number of hydrogen-bond donors (Lipinski definition) is 0. The van der Waals surface area contributed by atoms with Gasteiger partial charge in [-0.25, -0.2) is 0 Å². The summed E-state index contributed by atoms with van der Waals surface area (Å²) in [5.41, 5.74) is -0.0838. The van der Waals surface area contributed by atoms with Crippen LogP contribution in [0.4, 0.5) is 13.2 Å². The summed E-state index contributed by atoms with van der Waals surface area (Å²) in [6.45, 7) is 0.0609. The number of ether oxygens (including phenoxy) is 3. The van der Waals surface area contributed by atoms with Crippen molar-refractivity contribution >= 4 is 34.4 Å². The first-order valence-corrected chi connectivity index (χ1v) is 14.9. The standard InChI is InChI=1S/C33H28ClF3N2O7/c34-24-8-10-27-26(13-24)31(41)22(18-44-27)15-38(14-20-3-9-28-29(12-20)46-19-45-28)30(40)17-39(16-25-2-1-11-43-25)32(42)21-4-6-23(7-5-21)33(35,36)37/h3-10,12-13,18,25H,1-2,11,14-17,19H2/t25-/m1/s1. The lowest BCUT2D eigenvalue weighted by Crippen LogP contribution is -2.45. The van der Waals surface area contributed by atoms with Gasteiger partial charge in [-0.05, 0) is 73.0 Å². The second kappa shape index (κ2) is 13.1. The number of alkyl halides is 3. The summed E-state index contributed by atoms with van der Waals surface area (Å²) in [7, 11) is 0. The zero-order valence-electron chi connectivity index (χ0n) is 24.3. The van der Waals surface area contributed by atoms with Gasteiger partial charge in [-0.1, -0.05) is 17.7 Å². The van der Waals surface area contributed by atoms with Gasteiger partial charge in [0.2, 0.25) is 12.7 Å². The Labute approximate surface area is 266 Å². The number of carbonyl (C=O) groups excluding carboxylic acids is 2. The topological polar surface area (TPSA) is 98.5 Å². The predicted octanol–water partition coefficient (Wildman–Crippen LogP) is 6.04. The molecule has 1 fully saturated rings. The maximum absolute atomic E-state index is 14.1. The van der Waals surface area contributed by atoms with Gasteiger partial charge in [0.05, 0.1) is 35.4 Å². The number of nitrogens with zero attached hydrogens (tertiary/aromatic N) is 2. The van der Waals surface area contributed by atoms with E-state index in [-0.39, 0.29) is 54.5 Å². The molecule has 0 radical (unpaired) electrons. The third-order valence-corrected chi connectivity index (χ3v) is 8.09. The Balaban J connectivity index is 1.30. The third kappa shape index (κ3) is 6.97. The smallest absolute Gasteiger partial charge is 0.416 e. The van der Waals surface area contributed by atoms with E-state index in [9.17, 15) is 27.6 Å². The highest BCUT2D eigenvalue weighted by Gasteiger charge is 2.32. The van der Waals surface area contributed by atoms with Crippen LogP contribution in [0.15, 0.2) is 76.1 Å². The SMILES string of the molecule is O=C(CN(C[C@H]1CCCO1)C(=O)c1ccc(C(F)(F)F)cc1)N(Cc1ccc2c(c1)OCO2)Cc1coc2ccc(Cl)cc2c1=O. The number of benzene rings is 3. The normalized spacial score (nSPS) is 15.7. The van der Waals surface area contributed by atoms with E-state index < -0.39 is 30.1 Å². The van der Waals surface area contributed by atoms with Gasteiger partial charge < -0.3 is 28.4 Å². The van der Waals surface area contributed by atoms with Crippen LogP contribution >= 0.6 is 11.6 Å². The monoisotopic (exact) mass is 656 g/mol. The van der Waals surface area contributed by atoms with Crippen LogP contribution < -0.4 is 14.9 Å². The van der Waals surface area contributed by atoms with Crippen LogP contribution in [0.25, 0.3) is 11.0 Å². The predicted molar refractivity (Wildman–Crippen MR) is 161 cm³/mol. The van der Waals surface area contributed by atoms with E-state index >= 15 is 0 Å². The van der Waals surface area contributed by atoms with Gasteiger partial charge in [0, 0.05) is 30.3 Å². The number of hydrogen-bond acceptors (Lipinski definition) is 7. The molecule has 2 aliphatic rings. The molecule has 0 aliphatic carbocycles. The second-order valence-corrected chi connectivity index (χ2v) is 11.5. The maximum Gasteiger partial charge on any atom is 0.416 e. The Bertz CT molecular complexity index is 1820. The molecule has 2 amide bonds. The van der Waals surface area contributed by atoms with Crippen molar-refractivity contribution in [2.45, 2.75) is 38.2 Å². The molecule has 0 N–H and O–H groups in total. The third-order valence-electron chi connectivity index (χ3n) is 7.85. The first-order valence-electron chi connectivity index (χ1n) is 14.5. The Morgan fingerprint density at radius 1 is 0.935 bits per heavy atom. The summed E-state index contributed by atoms with van der Waals surface area (Å²) < 4.78 is 61.8. The van der Waals surface area contributed by atoms with Crippen LogP contribution in [0.5, 0.6) is 11.5 Å². The lowest BCUT2D eigenvalue weighted by Gasteiger charge is -2.29. The molecule has 0 saturated carbocycles. The number of halogens is 4. The van der Waals surface area contributed by atoms with E-state index in [0.717, 1.165) is 30.7 Å². The van der Waals surface area contributed by atoms with E-state index in [1.165, 1.54) is 22.1 Å². The molecule has 1 aromatic heterocycles. The molecular formula is C33H28ClF3N2O7. The van der Waals surface area contributed by atoms with Crippen molar-refractivity contribution in [3.63, 3.8) is 0 Å². The molecule has 0 bridgehead atoms. The van der Waals surface area contributed by atoms with Crippen LogP contribution in [0.3, 0.4) is 0 Å². The number of amides is 2. The van der Waals surface area contributed by atoms with Gasteiger partial charge in [0.25, 0.3) is 5.91 Å². The van der Waals surface area contributed by atoms with Crippen LogP contribution in [-0.4, -0.2) is 54.2 Å². The molecule has 3 aromatic carbocycles. The van der Waals surface area contributed by atoms with E-state index in [4.69, 9.17) is 30.2 Å². The zero-order valence-corrected chi connectivity index (χ0v) is 25.1. The molecule has 46 heavy (non-hydrogen) atoms. The van der Waals surface area contributed by atoms with E-state index in [1.807, 2.05) is 0 Å². The summed E-state index contributed by atoms with van der Waals surface area (Å²) in [6, 6.07) is 13.7. The van der Waals surface area contributed by atoms with E-state index in [0.29, 0.717) is 40.7 Å². The van der Waals surface area contributed by atoms with Gasteiger partial charge in [-0.15, -0.1) is 0 Å². The maximum atomic E-state index is 14.1. The summed E-state index contributed by atoms with van der Waals surface area (Å²) in [6.07, 6.45) is -2.18. The quantitative estimate of drug-likeness (QED) is 0.217. The molecule has 2 aliphatic heterocycles. The molecule has 1 atom stereocenters. The van der Waals surface area contributed by atoms with Crippen molar-refractivity contribution in [3.05, 3.63) is 104 Å². The fraction of sp³-hybridized carbons (Fsp3) is 0.303. The first kappa shape index (κ1) is 31.4. The average molecular weight is 657 g/mol. The summed E-state index contributed by atoms with van der Waals surface area (Å²) >= 11 is 6.12. The zero-order chi connectivity index (χ0) is 32.4. The van der Waals surface area contributed by atoms with E-state index in [2.05, 4.69) is 0 Å². The minimum atomic E-state index is -4.56. The van der Waals surface area contributed by atoms with Crippen molar-refractivity contribution in [1.82, 2.24) is 9.80 Å². The molecule has 3 heterocycles. The number of fused-ring (bicyclic) bond motifs is 2. The largest absolute Gasteiger partial charge is 0.464 e. The van der Waals surface area contributed by atoms with Crippen LogP contribution in [-0.2, 0) is 28.8 Å². The van der Waals surface area contributed by atoms with Gasteiger partial charge >= 0.3 is 6.18 Å². The Kier molecular flexibility index (Phi) is 8.92. The van der Waals surface area contributed by atoms with Crippen LogP contribution in [0.1, 0.15) is 39.9 Å². The molecule has 0 unspecified atom stereocenters. The Morgan fingerprint density at radius 2 is 1.72 bits per heavy atom. The number of carbonyl (C=O) groups is 2. The van der Waals surface area contributed by atoms with Gasteiger partial charge in [-0.2, -0.15) is 13.2 Å². The average Bonchev–Trinajstić information content (AvgIpc) is 3.73. The summed E-state index contributed by atoms with van der Waals surface area (Å²) in [4.78, 5) is 43.8. The molecule has 0 spiro atoms. The highest BCUT2D eigenvalue weighted by Crippen LogP contribution is 2.33. The summed E-state index contributed by atoms with van der Waals surface area (Å²) in [5.74, 6) is -0.0808. The molecule has 9 nitrogen and oxygen atoms in total. The van der Waals surface area contributed by atoms with Crippen LogP contribution in [0.2, 0.25) is 5.02 Å². The van der Waals surface area contributed by atoms with Gasteiger partial charge in [0.15, 0.2) is 16.9 Å². The molecule has 1 saturated heterocycles. The lowest BCUT2D eigenvalue weighted by atomic mass is 10.1. The molecule has 13 heteroatoms. The molecule has 4 aromatic rings. The second-order valence-electron chi connectivity index (χ2n) is 11.1. The highest BCUT2D eigenvalue weighted by atomic mass is 35.5. The minimum absolute atomic E-state index is 0.00632. The Hall–Kier alpha value is -4.55. The van der Waals surface area contributed by atoms with Gasteiger partial charge in [0.1, 0.15) is 12.1 Å². The van der Waals surface area contributed by atoms with E-state index in [1.54, 1.807) is 30.3 Å². The van der Waals surface area contributed by atoms with Crippen molar-refractivity contribution in [1.29, 1.82) is 0 Å². The number of rotatable bonds is 9. The van der Waals surface area contributed by atoms with Crippen molar-refractivity contribution < 1.29 is 41.4 Å². The first-order chi connectivity index (χ1) is 22.0. The van der Waals surface area contributed by atoms with Crippen LogP contribution in [0, 0.1) is 0 Å². The molecule has 6 rings (SSSR count). The summed E-state index contributed by atoms with van der Waals surface area (Å²) in [5, 5.41) is 0.592. The molecular weight excluding hydrogens is 629 g/mol. The fourth-order valence-electron chi connectivity index (χ4n) is 5.45. The van der Waals surface area contributed by atoms with Crippen molar-refractivity contribution in [2.75, 3.05) is 26.5 Å². The Morgan fingerprint density at radius 3 is 2.46 bits per heavy atom. The van der Waals surface area contributed by atoms with Crippen molar-refractivity contribution in [3.8, 4) is 11.5 Å². The fourth-order valence-corrected chi connectivity index (χ4v) is 5.62.